The van der Waals surface area contributed by atoms with Gasteiger partial charge in [-0.1, -0.05) is 55.8 Å². The van der Waals surface area contributed by atoms with E-state index in [0.717, 1.165) is 32.1 Å². The summed E-state index contributed by atoms with van der Waals surface area (Å²) in [5.74, 6) is -2.90. The fraction of sp³-hybridized carbons (Fsp3) is 0.371. The molecule has 3 aromatic rings. The van der Waals surface area contributed by atoms with E-state index < -0.39 is 23.3 Å². The minimum absolute atomic E-state index is 0.0933. The van der Waals surface area contributed by atoms with Crippen molar-refractivity contribution in [2.45, 2.75) is 64.2 Å². The number of ether oxygens (including phenoxy) is 2. The first-order valence-electron chi connectivity index (χ1n) is 14.5. The van der Waals surface area contributed by atoms with E-state index in [1.165, 1.54) is 12.1 Å². The standard InChI is InChI=1S/C35H38F4O2/c1-3-5-7-23-41-31-21-16-27(32(36)35(31)39)13-10-24-8-11-25(12-9-24)29-19-20-30(34(38)33(29)37)26-14-17-28(18-15-26)40-22-6-4-2/h3,10,13-21,24-25H,1,4-9,11-12,22-23H2,2H3/b13-10+. The fourth-order valence-electron chi connectivity index (χ4n) is 5.23. The van der Waals surface area contributed by atoms with E-state index in [4.69, 9.17) is 9.47 Å². The topological polar surface area (TPSA) is 18.5 Å². The average Bonchev–Trinajstić information content (AvgIpc) is 2.99. The van der Waals surface area contributed by atoms with Gasteiger partial charge in [0.2, 0.25) is 5.82 Å². The molecule has 0 aliphatic heterocycles. The van der Waals surface area contributed by atoms with Crippen molar-refractivity contribution in [2.24, 2.45) is 5.92 Å². The van der Waals surface area contributed by atoms with Crippen LogP contribution in [0.5, 0.6) is 11.5 Å². The van der Waals surface area contributed by atoms with E-state index in [2.05, 4.69) is 13.5 Å². The quantitative estimate of drug-likeness (QED) is 0.116. The van der Waals surface area contributed by atoms with Crippen molar-refractivity contribution in [2.75, 3.05) is 13.2 Å². The monoisotopic (exact) mass is 566 g/mol. The van der Waals surface area contributed by atoms with Gasteiger partial charge in [0.05, 0.1) is 13.2 Å². The number of allylic oxidation sites excluding steroid dienone is 2. The second kappa shape index (κ2) is 14.9. The smallest absolute Gasteiger partial charge is 0.201 e. The first-order chi connectivity index (χ1) is 19.9. The Morgan fingerprint density at radius 3 is 2.22 bits per heavy atom. The Kier molecular flexibility index (Phi) is 11.1. The molecule has 1 fully saturated rings. The van der Waals surface area contributed by atoms with Crippen molar-refractivity contribution in [3.05, 3.63) is 102 Å². The highest BCUT2D eigenvalue weighted by Crippen LogP contribution is 2.40. The molecule has 0 unspecified atom stereocenters. The molecule has 0 saturated heterocycles. The molecule has 6 heteroatoms. The first-order valence-corrected chi connectivity index (χ1v) is 14.5. The van der Waals surface area contributed by atoms with E-state index >= 15 is 8.78 Å². The molecule has 1 saturated carbocycles. The van der Waals surface area contributed by atoms with E-state index in [9.17, 15) is 8.78 Å². The van der Waals surface area contributed by atoms with Crippen LogP contribution in [0.2, 0.25) is 0 Å². The second-order valence-electron chi connectivity index (χ2n) is 10.6. The number of unbranched alkanes of at least 4 members (excludes halogenated alkanes) is 2. The molecule has 0 bridgehead atoms. The van der Waals surface area contributed by atoms with Crippen LogP contribution in [-0.4, -0.2) is 13.2 Å². The lowest BCUT2D eigenvalue weighted by Crippen LogP contribution is -2.13. The normalized spacial score (nSPS) is 17.1. The van der Waals surface area contributed by atoms with Crippen molar-refractivity contribution in [3.63, 3.8) is 0 Å². The summed E-state index contributed by atoms with van der Waals surface area (Å²) >= 11 is 0. The third-order valence-electron chi connectivity index (χ3n) is 7.69. The summed E-state index contributed by atoms with van der Waals surface area (Å²) in [6.07, 6.45) is 11.5. The molecular formula is C35H38F4O2. The SMILES string of the molecule is C=CCCCOc1ccc(/C=C/C2CCC(c3ccc(-c4ccc(OCCCC)cc4)c(F)c3F)CC2)c(F)c1F. The number of hydrogen-bond acceptors (Lipinski definition) is 2. The third-order valence-corrected chi connectivity index (χ3v) is 7.69. The van der Waals surface area contributed by atoms with E-state index in [0.29, 0.717) is 42.7 Å². The molecule has 218 valence electrons. The van der Waals surface area contributed by atoms with Crippen LogP contribution in [0.3, 0.4) is 0 Å². The van der Waals surface area contributed by atoms with Crippen molar-refractivity contribution >= 4 is 6.08 Å². The number of rotatable bonds is 13. The molecule has 1 aliphatic rings. The predicted molar refractivity (Wildman–Crippen MR) is 157 cm³/mol. The molecule has 3 aromatic carbocycles. The van der Waals surface area contributed by atoms with Crippen LogP contribution in [0.4, 0.5) is 17.6 Å². The zero-order chi connectivity index (χ0) is 29.2. The van der Waals surface area contributed by atoms with Crippen molar-refractivity contribution in [1.29, 1.82) is 0 Å². The van der Waals surface area contributed by atoms with Gasteiger partial charge in [-0.2, -0.15) is 4.39 Å². The van der Waals surface area contributed by atoms with Gasteiger partial charge in [0.1, 0.15) is 5.75 Å². The Morgan fingerprint density at radius 1 is 0.780 bits per heavy atom. The molecule has 0 atom stereocenters. The van der Waals surface area contributed by atoms with Crippen LogP contribution in [0.1, 0.15) is 75.3 Å². The minimum Gasteiger partial charge on any atom is -0.494 e. The molecular weight excluding hydrogens is 528 g/mol. The highest BCUT2D eigenvalue weighted by Gasteiger charge is 2.26. The number of hydrogen-bond donors (Lipinski definition) is 0. The van der Waals surface area contributed by atoms with Gasteiger partial charge >= 0.3 is 0 Å². The zero-order valence-electron chi connectivity index (χ0n) is 23.6. The lowest BCUT2D eigenvalue weighted by Gasteiger charge is -2.27. The van der Waals surface area contributed by atoms with Crippen LogP contribution >= 0.6 is 0 Å². The van der Waals surface area contributed by atoms with Gasteiger partial charge in [-0.3, -0.25) is 0 Å². The number of halogens is 4. The summed E-state index contributed by atoms with van der Waals surface area (Å²) in [4.78, 5) is 0. The Hall–Kier alpha value is -3.54. The molecule has 0 amide bonds. The first kappa shape index (κ1) is 30.4. The average molecular weight is 567 g/mol. The molecule has 41 heavy (non-hydrogen) atoms. The van der Waals surface area contributed by atoms with Gasteiger partial charge in [-0.15, -0.1) is 6.58 Å². The van der Waals surface area contributed by atoms with Crippen molar-refractivity contribution in [1.82, 2.24) is 0 Å². The maximum Gasteiger partial charge on any atom is 0.201 e. The molecule has 4 rings (SSSR count). The lowest BCUT2D eigenvalue weighted by atomic mass is 9.78. The Labute approximate surface area is 240 Å². The van der Waals surface area contributed by atoms with Gasteiger partial charge in [0.25, 0.3) is 0 Å². The van der Waals surface area contributed by atoms with Crippen molar-refractivity contribution < 1.29 is 27.0 Å². The van der Waals surface area contributed by atoms with Gasteiger partial charge in [-0.25, -0.2) is 13.2 Å². The summed E-state index contributed by atoms with van der Waals surface area (Å²) < 4.78 is 70.4. The molecule has 1 aliphatic carbocycles. The van der Waals surface area contributed by atoms with Crippen molar-refractivity contribution in [3.8, 4) is 22.6 Å². The lowest BCUT2D eigenvalue weighted by molar-refractivity contribution is 0.291. The molecule has 0 radical (unpaired) electrons. The van der Waals surface area contributed by atoms with E-state index in [1.54, 1.807) is 48.6 Å². The molecule has 2 nitrogen and oxygen atoms in total. The van der Waals surface area contributed by atoms with Crippen LogP contribution in [0.25, 0.3) is 17.2 Å². The third kappa shape index (κ3) is 7.81. The summed E-state index contributed by atoms with van der Waals surface area (Å²) in [6.45, 7) is 6.63. The minimum atomic E-state index is -0.994. The molecule has 0 aromatic heterocycles. The van der Waals surface area contributed by atoms with Gasteiger partial charge in [0.15, 0.2) is 23.2 Å². The summed E-state index contributed by atoms with van der Waals surface area (Å²) in [5, 5.41) is 0. The Morgan fingerprint density at radius 2 is 1.51 bits per heavy atom. The summed E-state index contributed by atoms with van der Waals surface area (Å²) in [7, 11) is 0. The van der Waals surface area contributed by atoms with Crippen LogP contribution in [0.15, 0.2) is 67.3 Å². The summed E-state index contributed by atoms with van der Waals surface area (Å²) in [5.41, 5.74) is 1.38. The highest BCUT2D eigenvalue weighted by molar-refractivity contribution is 5.65. The maximum absolute atomic E-state index is 15.2. The fourth-order valence-corrected chi connectivity index (χ4v) is 5.23. The second-order valence-corrected chi connectivity index (χ2v) is 10.6. The van der Waals surface area contributed by atoms with Gasteiger partial charge < -0.3 is 9.47 Å². The highest BCUT2D eigenvalue weighted by atomic mass is 19.2. The maximum atomic E-state index is 15.2. The number of benzene rings is 3. The zero-order valence-corrected chi connectivity index (χ0v) is 23.6. The summed E-state index contributed by atoms with van der Waals surface area (Å²) in [6, 6.07) is 13.3. The molecule has 0 spiro atoms. The van der Waals surface area contributed by atoms with Crippen LogP contribution < -0.4 is 9.47 Å². The van der Waals surface area contributed by atoms with Gasteiger partial charge in [-0.05, 0) is 92.2 Å². The van der Waals surface area contributed by atoms with Crippen LogP contribution in [0, 0.1) is 29.2 Å². The van der Waals surface area contributed by atoms with E-state index in [1.807, 2.05) is 6.08 Å². The predicted octanol–water partition coefficient (Wildman–Crippen LogP) is 10.4. The van der Waals surface area contributed by atoms with E-state index in [-0.39, 0.29) is 35.3 Å². The molecule has 0 N–H and O–H groups in total. The van der Waals surface area contributed by atoms with Gasteiger partial charge in [0, 0.05) is 11.1 Å². The van der Waals surface area contributed by atoms with Crippen LogP contribution in [-0.2, 0) is 0 Å². The largest absolute Gasteiger partial charge is 0.494 e. The Bertz CT molecular complexity index is 1320. The Balaban J connectivity index is 1.35. The molecule has 0 heterocycles.